The van der Waals surface area contributed by atoms with E-state index in [1.807, 2.05) is 17.4 Å². The normalized spacial score (nSPS) is 20.8. The average Bonchev–Trinajstić information content (AvgIpc) is 2.92. The molecule has 1 aliphatic heterocycles. The Kier molecular flexibility index (Phi) is 2.21. The highest BCUT2D eigenvalue weighted by Gasteiger charge is 2.28. The third-order valence-electron chi connectivity index (χ3n) is 3.20. The van der Waals surface area contributed by atoms with Gasteiger partial charge in [-0.05, 0) is 6.42 Å². The van der Waals surface area contributed by atoms with Crippen LogP contribution in [0.25, 0.3) is 4.83 Å². The summed E-state index contributed by atoms with van der Waals surface area (Å²) in [5.41, 5.74) is 1.15. The van der Waals surface area contributed by atoms with Crippen LogP contribution < -0.4 is 0 Å². The van der Waals surface area contributed by atoms with Crippen LogP contribution in [-0.4, -0.2) is 33.3 Å². The zero-order valence-electron chi connectivity index (χ0n) is 9.09. The number of carbonyl (C=O) groups is 1. The van der Waals surface area contributed by atoms with E-state index in [0.717, 1.165) is 25.2 Å². The van der Waals surface area contributed by atoms with E-state index in [-0.39, 0.29) is 5.91 Å². The van der Waals surface area contributed by atoms with Crippen LogP contribution in [0.4, 0.5) is 0 Å². The van der Waals surface area contributed by atoms with E-state index < -0.39 is 0 Å². The number of rotatable bonds is 1. The molecule has 0 N–H and O–H groups in total. The molecule has 0 bridgehead atoms. The molecule has 0 spiro atoms. The van der Waals surface area contributed by atoms with Gasteiger partial charge in [0.2, 0.25) is 5.91 Å². The topological polar surface area (TPSA) is 37.6 Å². The summed E-state index contributed by atoms with van der Waals surface area (Å²) in [4.78, 5) is 18.9. The minimum Gasteiger partial charge on any atom is -0.342 e. The van der Waals surface area contributed by atoms with Gasteiger partial charge in [0.1, 0.15) is 11.2 Å². The summed E-state index contributed by atoms with van der Waals surface area (Å²) < 4.78 is 2.05. The standard InChI is InChI=1S/C11H13N3OS/c1-8(15)13-3-2-9(6-13)10-11-14(7-12-10)4-5-16-11/h4-5,7,9H,2-3,6H2,1H3. The number of likely N-dealkylation sites (tertiary alicyclic amines) is 1. The van der Waals surface area contributed by atoms with E-state index in [1.54, 1.807) is 18.3 Å². The van der Waals surface area contributed by atoms with Crippen molar-refractivity contribution in [3.05, 3.63) is 23.6 Å². The van der Waals surface area contributed by atoms with Crippen molar-refractivity contribution < 1.29 is 4.79 Å². The maximum Gasteiger partial charge on any atom is 0.219 e. The molecular formula is C11H13N3OS. The third-order valence-corrected chi connectivity index (χ3v) is 4.10. The lowest BCUT2D eigenvalue weighted by Gasteiger charge is -2.12. The molecule has 4 nitrogen and oxygen atoms in total. The highest BCUT2D eigenvalue weighted by molar-refractivity contribution is 7.15. The predicted octanol–water partition coefficient (Wildman–Crippen LogP) is 1.73. The summed E-state index contributed by atoms with van der Waals surface area (Å²) in [6, 6.07) is 0. The molecule has 0 radical (unpaired) electrons. The molecule has 1 fully saturated rings. The summed E-state index contributed by atoms with van der Waals surface area (Å²) in [5, 5.41) is 2.07. The fourth-order valence-corrected chi connectivity index (χ4v) is 3.19. The van der Waals surface area contributed by atoms with Gasteiger partial charge in [0.05, 0.1) is 5.69 Å². The van der Waals surface area contributed by atoms with Gasteiger partial charge >= 0.3 is 0 Å². The molecule has 3 rings (SSSR count). The highest BCUT2D eigenvalue weighted by Crippen LogP contribution is 2.30. The zero-order valence-corrected chi connectivity index (χ0v) is 9.91. The minimum atomic E-state index is 0.170. The molecule has 16 heavy (non-hydrogen) atoms. The number of hydrogen-bond donors (Lipinski definition) is 0. The number of imidazole rings is 1. The SMILES string of the molecule is CC(=O)N1CCC(c2ncn3ccsc23)C1. The van der Waals surface area contributed by atoms with Crippen LogP contribution >= 0.6 is 11.3 Å². The largest absolute Gasteiger partial charge is 0.342 e. The van der Waals surface area contributed by atoms with Crippen LogP contribution in [-0.2, 0) is 4.79 Å². The van der Waals surface area contributed by atoms with Crippen molar-refractivity contribution in [2.45, 2.75) is 19.3 Å². The fraction of sp³-hybridized carbons (Fsp3) is 0.455. The van der Waals surface area contributed by atoms with Gasteiger partial charge in [0.25, 0.3) is 0 Å². The van der Waals surface area contributed by atoms with Crippen LogP contribution in [0.3, 0.4) is 0 Å². The first-order valence-electron chi connectivity index (χ1n) is 5.41. The van der Waals surface area contributed by atoms with E-state index in [0.29, 0.717) is 5.92 Å². The van der Waals surface area contributed by atoms with Crippen LogP contribution in [0.1, 0.15) is 25.0 Å². The van der Waals surface area contributed by atoms with Crippen LogP contribution in [0.2, 0.25) is 0 Å². The lowest BCUT2D eigenvalue weighted by Crippen LogP contribution is -2.25. The molecule has 5 heteroatoms. The van der Waals surface area contributed by atoms with E-state index in [4.69, 9.17) is 0 Å². The molecule has 2 aromatic rings. The summed E-state index contributed by atoms with van der Waals surface area (Å²) in [6.07, 6.45) is 4.91. The van der Waals surface area contributed by atoms with Crippen molar-refractivity contribution in [3.8, 4) is 0 Å². The van der Waals surface area contributed by atoms with E-state index in [2.05, 4.69) is 14.8 Å². The van der Waals surface area contributed by atoms with Gasteiger partial charge in [-0.25, -0.2) is 4.98 Å². The number of hydrogen-bond acceptors (Lipinski definition) is 3. The molecule has 84 valence electrons. The first-order chi connectivity index (χ1) is 7.75. The molecule has 1 aliphatic rings. The second-order valence-corrected chi connectivity index (χ2v) is 5.09. The number of fused-ring (bicyclic) bond motifs is 1. The Labute approximate surface area is 97.5 Å². The molecule has 0 saturated carbocycles. The second-order valence-electron chi connectivity index (χ2n) is 4.20. The first kappa shape index (κ1) is 9.84. The maximum atomic E-state index is 11.3. The molecule has 2 aromatic heterocycles. The molecule has 1 saturated heterocycles. The Morgan fingerprint density at radius 1 is 1.62 bits per heavy atom. The monoisotopic (exact) mass is 235 g/mol. The van der Waals surface area contributed by atoms with Crippen LogP contribution in [0, 0.1) is 0 Å². The van der Waals surface area contributed by atoms with E-state index in [1.165, 1.54) is 4.83 Å². The molecule has 3 heterocycles. The van der Waals surface area contributed by atoms with Crippen LogP contribution in [0.15, 0.2) is 17.9 Å². The quantitative estimate of drug-likeness (QED) is 0.755. The molecule has 1 atom stereocenters. The van der Waals surface area contributed by atoms with Gasteiger partial charge in [0.15, 0.2) is 0 Å². The number of carbonyl (C=O) groups excluding carboxylic acids is 1. The molecular weight excluding hydrogens is 222 g/mol. The summed E-state index contributed by atoms with van der Waals surface area (Å²) in [5.74, 6) is 0.580. The minimum absolute atomic E-state index is 0.170. The van der Waals surface area contributed by atoms with Gasteiger partial charge < -0.3 is 4.90 Å². The Morgan fingerprint density at radius 3 is 3.25 bits per heavy atom. The lowest BCUT2D eigenvalue weighted by atomic mass is 10.1. The predicted molar refractivity (Wildman–Crippen MR) is 62.7 cm³/mol. The Morgan fingerprint density at radius 2 is 2.50 bits per heavy atom. The van der Waals surface area contributed by atoms with Crippen LogP contribution in [0.5, 0.6) is 0 Å². The number of amides is 1. The molecule has 0 aliphatic carbocycles. The summed E-state index contributed by atoms with van der Waals surface area (Å²) >= 11 is 1.71. The Hall–Kier alpha value is -1.36. The van der Waals surface area contributed by atoms with E-state index in [9.17, 15) is 4.79 Å². The number of nitrogens with zero attached hydrogens (tertiary/aromatic N) is 3. The van der Waals surface area contributed by atoms with Crippen molar-refractivity contribution in [3.63, 3.8) is 0 Å². The van der Waals surface area contributed by atoms with Gasteiger partial charge in [-0.3, -0.25) is 9.20 Å². The summed E-state index contributed by atoms with van der Waals surface area (Å²) in [7, 11) is 0. The zero-order chi connectivity index (χ0) is 11.1. The Bertz CT molecular complexity index is 530. The third kappa shape index (κ3) is 1.43. The smallest absolute Gasteiger partial charge is 0.219 e. The van der Waals surface area contributed by atoms with Gasteiger partial charge in [0, 0.05) is 37.5 Å². The molecule has 1 unspecified atom stereocenters. The molecule has 1 amide bonds. The van der Waals surface area contributed by atoms with Crippen molar-refractivity contribution in [1.29, 1.82) is 0 Å². The second kappa shape index (κ2) is 3.59. The van der Waals surface area contributed by atoms with Crippen molar-refractivity contribution in [1.82, 2.24) is 14.3 Å². The lowest BCUT2D eigenvalue weighted by molar-refractivity contribution is -0.127. The number of aromatic nitrogens is 2. The first-order valence-corrected chi connectivity index (χ1v) is 6.29. The fourth-order valence-electron chi connectivity index (χ4n) is 2.30. The average molecular weight is 235 g/mol. The van der Waals surface area contributed by atoms with Crippen molar-refractivity contribution in [2.24, 2.45) is 0 Å². The van der Waals surface area contributed by atoms with Gasteiger partial charge in [-0.1, -0.05) is 0 Å². The number of thiazole rings is 1. The molecule has 0 aromatic carbocycles. The van der Waals surface area contributed by atoms with Gasteiger partial charge in [-0.2, -0.15) is 0 Å². The van der Waals surface area contributed by atoms with Gasteiger partial charge in [-0.15, -0.1) is 11.3 Å². The van der Waals surface area contributed by atoms with Crippen molar-refractivity contribution in [2.75, 3.05) is 13.1 Å². The maximum absolute atomic E-state index is 11.3. The highest BCUT2D eigenvalue weighted by atomic mass is 32.1. The summed E-state index contributed by atoms with van der Waals surface area (Å²) in [6.45, 7) is 3.32. The Balaban J connectivity index is 1.90. The van der Waals surface area contributed by atoms with Crippen molar-refractivity contribution >= 4 is 22.1 Å². The van der Waals surface area contributed by atoms with E-state index >= 15 is 0 Å².